The molecule has 0 saturated carbocycles. The van der Waals surface area contributed by atoms with E-state index in [0.717, 1.165) is 61.0 Å². The summed E-state index contributed by atoms with van der Waals surface area (Å²) >= 11 is 0. The molecule has 10 aromatic rings. The highest BCUT2D eigenvalue weighted by Crippen LogP contribution is 2.41. The van der Waals surface area contributed by atoms with Crippen molar-refractivity contribution in [1.29, 1.82) is 0 Å². The fraction of sp³-hybridized carbons (Fsp3) is 0. The molecule has 0 aliphatic heterocycles. The maximum Gasteiger partial charge on any atom is 0.227 e. The molecule has 0 radical (unpaired) electrons. The van der Waals surface area contributed by atoms with Crippen molar-refractivity contribution in [3.8, 4) is 44.8 Å². The fourth-order valence-corrected chi connectivity index (χ4v) is 7.58. The molecule has 10 rings (SSSR count). The van der Waals surface area contributed by atoms with Crippen LogP contribution in [0.1, 0.15) is 0 Å². The highest BCUT2D eigenvalue weighted by atomic mass is 16.3. The van der Waals surface area contributed by atoms with Crippen LogP contribution in [0.5, 0.6) is 0 Å². The van der Waals surface area contributed by atoms with E-state index in [2.05, 4.69) is 205 Å². The van der Waals surface area contributed by atoms with Crippen LogP contribution in [0.25, 0.3) is 77.5 Å². The first-order valence-electron chi connectivity index (χ1n) is 18.3. The SMILES string of the molecule is c1ccc(-c2ccc(N(c3ccc(-c4ccccc4)cc3)c3cccc(-c4cccc5ccc6oc(-c7ccc8ccccc8c7)nc6c45)c3)cc2)cc1. The quantitative estimate of drug-likeness (QED) is 0.167. The molecule has 0 fully saturated rings. The average Bonchev–Trinajstić information content (AvgIpc) is 3.70. The maximum atomic E-state index is 6.44. The Kier molecular flexibility index (Phi) is 7.81. The van der Waals surface area contributed by atoms with Gasteiger partial charge >= 0.3 is 0 Å². The number of hydrogen-bond donors (Lipinski definition) is 0. The van der Waals surface area contributed by atoms with E-state index in [1.165, 1.54) is 27.6 Å². The third-order valence-electron chi connectivity index (χ3n) is 10.3. The number of benzene rings is 9. The van der Waals surface area contributed by atoms with Crippen molar-refractivity contribution in [2.24, 2.45) is 0 Å². The molecule has 0 aliphatic carbocycles. The molecule has 3 nitrogen and oxygen atoms in total. The van der Waals surface area contributed by atoms with E-state index in [1.54, 1.807) is 0 Å². The second-order valence-corrected chi connectivity index (χ2v) is 13.6. The second kappa shape index (κ2) is 13.4. The Morgan fingerprint density at radius 2 is 0.889 bits per heavy atom. The highest BCUT2D eigenvalue weighted by molar-refractivity contribution is 6.12. The Labute approximate surface area is 314 Å². The molecule has 9 aromatic carbocycles. The van der Waals surface area contributed by atoms with Gasteiger partial charge in [0.1, 0.15) is 5.52 Å². The summed E-state index contributed by atoms with van der Waals surface area (Å²) in [4.78, 5) is 7.48. The van der Waals surface area contributed by atoms with E-state index >= 15 is 0 Å². The Morgan fingerprint density at radius 1 is 0.352 bits per heavy atom. The Hall–Kier alpha value is -7.23. The predicted octanol–water partition coefficient (Wildman–Crippen LogP) is 14.3. The van der Waals surface area contributed by atoms with Crippen molar-refractivity contribution in [1.82, 2.24) is 4.98 Å². The van der Waals surface area contributed by atoms with Crippen LogP contribution in [-0.4, -0.2) is 4.98 Å². The van der Waals surface area contributed by atoms with Crippen LogP contribution in [0.2, 0.25) is 0 Å². The number of anilines is 3. The second-order valence-electron chi connectivity index (χ2n) is 13.6. The van der Waals surface area contributed by atoms with E-state index in [4.69, 9.17) is 9.40 Å². The highest BCUT2D eigenvalue weighted by Gasteiger charge is 2.18. The number of rotatable bonds is 7. The van der Waals surface area contributed by atoms with Crippen LogP contribution in [0.4, 0.5) is 17.1 Å². The van der Waals surface area contributed by atoms with Crippen molar-refractivity contribution in [3.05, 3.63) is 206 Å². The Bertz CT molecular complexity index is 2830. The van der Waals surface area contributed by atoms with Gasteiger partial charge in [0.25, 0.3) is 0 Å². The molecule has 0 saturated heterocycles. The van der Waals surface area contributed by atoms with Crippen molar-refractivity contribution in [2.45, 2.75) is 0 Å². The number of fused-ring (bicyclic) bond motifs is 4. The third-order valence-corrected chi connectivity index (χ3v) is 10.3. The van der Waals surface area contributed by atoms with Gasteiger partial charge in [-0.3, -0.25) is 0 Å². The number of hydrogen-bond acceptors (Lipinski definition) is 3. The van der Waals surface area contributed by atoms with Crippen molar-refractivity contribution in [3.63, 3.8) is 0 Å². The Morgan fingerprint density at radius 3 is 1.57 bits per heavy atom. The molecule has 1 heterocycles. The normalized spacial score (nSPS) is 11.3. The average molecular weight is 691 g/mol. The summed E-state index contributed by atoms with van der Waals surface area (Å²) in [6, 6.07) is 72.9. The minimum atomic E-state index is 0.621. The van der Waals surface area contributed by atoms with Gasteiger partial charge in [0.15, 0.2) is 5.58 Å². The summed E-state index contributed by atoms with van der Waals surface area (Å²) in [5.41, 5.74) is 12.8. The molecule has 0 unspecified atom stereocenters. The lowest BCUT2D eigenvalue weighted by Crippen LogP contribution is -2.10. The van der Waals surface area contributed by atoms with Crippen LogP contribution in [0.15, 0.2) is 211 Å². The molecular formula is C51H34N2O. The van der Waals surface area contributed by atoms with Crippen molar-refractivity contribution < 1.29 is 4.42 Å². The molecule has 0 N–H and O–H groups in total. The summed E-state index contributed by atoms with van der Waals surface area (Å²) < 4.78 is 6.44. The molecule has 0 bridgehead atoms. The van der Waals surface area contributed by atoms with Crippen molar-refractivity contribution in [2.75, 3.05) is 4.90 Å². The predicted molar refractivity (Wildman–Crippen MR) is 225 cm³/mol. The van der Waals surface area contributed by atoms with Gasteiger partial charge in [0, 0.05) is 28.0 Å². The summed E-state index contributed by atoms with van der Waals surface area (Å²) in [7, 11) is 0. The first kappa shape index (κ1) is 31.5. The monoisotopic (exact) mass is 690 g/mol. The van der Waals surface area contributed by atoms with E-state index in [9.17, 15) is 0 Å². The fourth-order valence-electron chi connectivity index (χ4n) is 7.58. The summed E-state index contributed by atoms with van der Waals surface area (Å²) in [6.45, 7) is 0. The van der Waals surface area contributed by atoms with E-state index in [1.807, 2.05) is 6.07 Å². The lowest BCUT2D eigenvalue weighted by Gasteiger charge is -2.26. The first-order valence-corrected chi connectivity index (χ1v) is 18.3. The topological polar surface area (TPSA) is 29.3 Å². The zero-order valence-corrected chi connectivity index (χ0v) is 29.4. The Balaban J connectivity index is 1.09. The lowest BCUT2D eigenvalue weighted by molar-refractivity contribution is 0.620. The molecule has 0 spiro atoms. The van der Waals surface area contributed by atoms with Gasteiger partial charge < -0.3 is 9.32 Å². The summed E-state index contributed by atoms with van der Waals surface area (Å²) in [5.74, 6) is 0.621. The number of nitrogens with zero attached hydrogens (tertiary/aromatic N) is 2. The number of aromatic nitrogens is 1. The van der Waals surface area contributed by atoms with Crippen LogP contribution < -0.4 is 4.90 Å². The zero-order valence-electron chi connectivity index (χ0n) is 29.4. The molecule has 0 atom stereocenters. The van der Waals surface area contributed by atoms with Crippen molar-refractivity contribution >= 4 is 49.7 Å². The van der Waals surface area contributed by atoms with Gasteiger partial charge in [-0.1, -0.05) is 152 Å². The van der Waals surface area contributed by atoms with Crippen LogP contribution in [0, 0.1) is 0 Å². The smallest absolute Gasteiger partial charge is 0.227 e. The summed E-state index contributed by atoms with van der Waals surface area (Å²) in [5, 5.41) is 4.55. The first-order chi connectivity index (χ1) is 26.7. The van der Waals surface area contributed by atoms with E-state index < -0.39 is 0 Å². The summed E-state index contributed by atoms with van der Waals surface area (Å²) in [6.07, 6.45) is 0. The minimum Gasteiger partial charge on any atom is -0.436 e. The number of oxazole rings is 1. The lowest BCUT2D eigenvalue weighted by atomic mass is 9.96. The van der Waals surface area contributed by atoms with E-state index in [-0.39, 0.29) is 0 Å². The minimum absolute atomic E-state index is 0.621. The van der Waals surface area contributed by atoms with Gasteiger partial charge in [-0.25, -0.2) is 4.98 Å². The van der Waals surface area contributed by atoms with E-state index in [0.29, 0.717) is 5.89 Å². The van der Waals surface area contributed by atoms with Crippen LogP contribution in [0.3, 0.4) is 0 Å². The van der Waals surface area contributed by atoms with Gasteiger partial charge in [-0.15, -0.1) is 0 Å². The molecular weight excluding hydrogens is 657 g/mol. The molecule has 0 aliphatic rings. The van der Waals surface area contributed by atoms with Gasteiger partial charge in [0.2, 0.25) is 5.89 Å². The third kappa shape index (κ3) is 5.78. The molecule has 0 amide bonds. The maximum absolute atomic E-state index is 6.44. The zero-order chi connectivity index (χ0) is 35.8. The van der Waals surface area contributed by atoms with Gasteiger partial charge in [0.05, 0.1) is 0 Å². The van der Waals surface area contributed by atoms with Crippen LogP contribution in [-0.2, 0) is 0 Å². The van der Waals surface area contributed by atoms with Crippen LogP contribution >= 0.6 is 0 Å². The van der Waals surface area contributed by atoms with Gasteiger partial charge in [-0.2, -0.15) is 0 Å². The van der Waals surface area contributed by atoms with Gasteiger partial charge in [-0.05, 0) is 104 Å². The largest absolute Gasteiger partial charge is 0.436 e. The molecule has 54 heavy (non-hydrogen) atoms. The molecule has 1 aromatic heterocycles. The standard InChI is InChI=1S/C51H34N2O/c1-3-11-35(12-4-1)38-23-28-44(29-24-38)53(45-30-25-39(26-31-45)36-13-5-2-6-14-36)46-19-9-18-42(34-46)47-20-10-17-40-27-32-48-50(49(40)47)52-51(54-48)43-22-21-37-15-7-8-16-41(37)33-43/h1-34H. The molecule has 254 valence electrons. The molecule has 3 heteroatoms.